The standard InChI is InChI=1S/C15H22BrClO2S/c1-15(2,3)20(18,19)8-7-13(11-17)9-12-5-4-6-14(16)10-12/h4-6,10,13H,7-9,11H2,1-3H3. The number of sulfone groups is 1. The van der Waals surface area contributed by atoms with Gasteiger partial charge in [0.1, 0.15) is 0 Å². The highest BCUT2D eigenvalue weighted by molar-refractivity contribution is 9.10. The topological polar surface area (TPSA) is 34.1 Å². The van der Waals surface area contributed by atoms with Gasteiger partial charge in [-0.25, -0.2) is 8.42 Å². The van der Waals surface area contributed by atoms with Crippen molar-refractivity contribution in [2.45, 2.75) is 38.4 Å². The molecule has 2 nitrogen and oxygen atoms in total. The lowest BCUT2D eigenvalue weighted by Gasteiger charge is -2.21. The molecule has 0 amide bonds. The van der Waals surface area contributed by atoms with Gasteiger partial charge in [0, 0.05) is 10.4 Å². The summed E-state index contributed by atoms with van der Waals surface area (Å²) < 4.78 is 24.6. The van der Waals surface area contributed by atoms with Crippen molar-refractivity contribution in [1.82, 2.24) is 0 Å². The van der Waals surface area contributed by atoms with Crippen LogP contribution in [0.5, 0.6) is 0 Å². The van der Waals surface area contributed by atoms with Gasteiger partial charge < -0.3 is 0 Å². The van der Waals surface area contributed by atoms with Gasteiger partial charge in [0.2, 0.25) is 0 Å². The Bertz CT molecular complexity index is 535. The first-order chi connectivity index (χ1) is 9.15. The molecule has 1 unspecified atom stereocenters. The molecule has 0 heterocycles. The van der Waals surface area contributed by atoms with Gasteiger partial charge in [0.05, 0.1) is 10.5 Å². The van der Waals surface area contributed by atoms with E-state index in [0.29, 0.717) is 12.3 Å². The molecule has 0 aliphatic heterocycles. The van der Waals surface area contributed by atoms with Crippen molar-refractivity contribution in [2.24, 2.45) is 5.92 Å². The monoisotopic (exact) mass is 380 g/mol. The van der Waals surface area contributed by atoms with Crippen LogP contribution in [-0.4, -0.2) is 24.8 Å². The highest BCUT2D eigenvalue weighted by Gasteiger charge is 2.29. The van der Waals surface area contributed by atoms with Gasteiger partial charge in [0.15, 0.2) is 9.84 Å². The van der Waals surface area contributed by atoms with Crippen LogP contribution in [0.4, 0.5) is 0 Å². The van der Waals surface area contributed by atoms with Crippen molar-refractivity contribution in [2.75, 3.05) is 11.6 Å². The maximum Gasteiger partial charge on any atom is 0.155 e. The first-order valence-electron chi connectivity index (χ1n) is 6.68. The fourth-order valence-electron chi connectivity index (χ4n) is 1.86. The first kappa shape index (κ1) is 18.0. The summed E-state index contributed by atoms with van der Waals surface area (Å²) in [7, 11) is -3.07. The van der Waals surface area contributed by atoms with E-state index in [1.807, 2.05) is 18.2 Å². The van der Waals surface area contributed by atoms with E-state index in [-0.39, 0.29) is 11.7 Å². The van der Waals surface area contributed by atoms with Crippen LogP contribution in [0.1, 0.15) is 32.8 Å². The summed E-state index contributed by atoms with van der Waals surface area (Å²) in [6.07, 6.45) is 1.41. The molecule has 1 aromatic carbocycles. The summed E-state index contributed by atoms with van der Waals surface area (Å²) in [4.78, 5) is 0. The number of hydrogen-bond donors (Lipinski definition) is 0. The summed E-state index contributed by atoms with van der Waals surface area (Å²) >= 11 is 9.44. The zero-order valence-electron chi connectivity index (χ0n) is 12.2. The van der Waals surface area contributed by atoms with Crippen molar-refractivity contribution in [3.05, 3.63) is 34.3 Å². The van der Waals surface area contributed by atoms with E-state index in [1.54, 1.807) is 20.8 Å². The largest absolute Gasteiger partial charge is 0.228 e. The number of benzene rings is 1. The van der Waals surface area contributed by atoms with E-state index >= 15 is 0 Å². The third-order valence-electron chi connectivity index (χ3n) is 3.36. The molecule has 5 heteroatoms. The summed E-state index contributed by atoms with van der Waals surface area (Å²) in [5.41, 5.74) is 1.18. The average molecular weight is 382 g/mol. The highest BCUT2D eigenvalue weighted by atomic mass is 79.9. The van der Waals surface area contributed by atoms with Gasteiger partial charge >= 0.3 is 0 Å². The zero-order chi connectivity index (χ0) is 15.4. The van der Waals surface area contributed by atoms with E-state index < -0.39 is 14.6 Å². The molecular weight excluding hydrogens is 360 g/mol. The van der Waals surface area contributed by atoms with Crippen LogP contribution in [0, 0.1) is 5.92 Å². The van der Waals surface area contributed by atoms with Crippen molar-refractivity contribution in [3.63, 3.8) is 0 Å². The van der Waals surface area contributed by atoms with Crippen LogP contribution in [-0.2, 0) is 16.3 Å². The van der Waals surface area contributed by atoms with Crippen molar-refractivity contribution in [3.8, 4) is 0 Å². The van der Waals surface area contributed by atoms with E-state index in [0.717, 1.165) is 10.9 Å². The Labute approximate surface area is 136 Å². The van der Waals surface area contributed by atoms with Gasteiger partial charge in [0.25, 0.3) is 0 Å². The summed E-state index contributed by atoms with van der Waals surface area (Å²) in [5, 5.41) is 0. The van der Waals surface area contributed by atoms with Gasteiger partial charge in [-0.15, -0.1) is 11.6 Å². The minimum Gasteiger partial charge on any atom is -0.228 e. The second kappa shape index (κ2) is 7.28. The lowest BCUT2D eigenvalue weighted by molar-refractivity contribution is 0.529. The van der Waals surface area contributed by atoms with Gasteiger partial charge in [-0.1, -0.05) is 28.1 Å². The fraction of sp³-hybridized carbons (Fsp3) is 0.600. The Morgan fingerprint density at radius 1 is 1.30 bits per heavy atom. The maximum absolute atomic E-state index is 12.1. The number of hydrogen-bond acceptors (Lipinski definition) is 2. The molecule has 0 saturated heterocycles. The molecular formula is C15H22BrClO2S. The zero-order valence-corrected chi connectivity index (χ0v) is 15.4. The van der Waals surface area contributed by atoms with Crippen LogP contribution in [0.2, 0.25) is 0 Å². The smallest absolute Gasteiger partial charge is 0.155 e. The Kier molecular flexibility index (Phi) is 6.55. The Morgan fingerprint density at radius 2 is 1.95 bits per heavy atom. The molecule has 0 aliphatic carbocycles. The number of rotatable bonds is 6. The number of halogens is 2. The summed E-state index contributed by atoms with van der Waals surface area (Å²) in [6.45, 7) is 5.23. The maximum atomic E-state index is 12.1. The van der Waals surface area contributed by atoms with E-state index in [2.05, 4.69) is 22.0 Å². The molecule has 0 saturated carbocycles. The molecule has 1 rings (SSSR count). The summed E-state index contributed by atoms with van der Waals surface area (Å²) in [5.74, 6) is 0.858. The molecule has 0 aromatic heterocycles. The molecule has 114 valence electrons. The van der Waals surface area contributed by atoms with Crippen LogP contribution in [0.3, 0.4) is 0 Å². The van der Waals surface area contributed by atoms with Crippen LogP contribution in [0.15, 0.2) is 28.7 Å². The molecule has 0 spiro atoms. The van der Waals surface area contributed by atoms with Crippen LogP contribution in [0.25, 0.3) is 0 Å². The van der Waals surface area contributed by atoms with E-state index in [1.165, 1.54) is 5.56 Å². The van der Waals surface area contributed by atoms with E-state index in [4.69, 9.17) is 11.6 Å². The second-order valence-electron chi connectivity index (χ2n) is 6.07. The van der Waals surface area contributed by atoms with Crippen LogP contribution < -0.4 is 0 Å². The molecule has 0 bridgehead atoms. The van der Waals surface area contributed by atoms with Gasteiger partial charge in [-0.2, -0.15) is 0 Å². The third kappa shape index (κ3) is 5.38. The normalized spacial score (nSPS) is 14.2. The highest BCUT2D eigenvalue weighted by Crippen LogP contribution is 2.22. The molecule has 20 heavy (non-hydrogen) atoms. The Hall–Kier alpha value is -0.0600. The molecule has 0 fully saturated rings. The fourth-order valence-corrected chi connectivity index (χ4v) is 3.83. The third-order valence-corrected chi connectivity index (χ3v) is 6.93. The molecule has 0 N–H and O–H groups in total. The number of alkyl halides is 1. The SMILES string of the molecule is CC(C)(C)S(=O)(=O)CCC(CCl)Cc1cccc(Br)c1. The molecule has 1 aromatic rings. The van der Waals surface area contributed by atoms with Crippen molar-refractivity contribution < 1.29 is 8.42 Å². The van der Waals surface area contributed by atoms with Gasteiger partial charge in [-0.05, 0) is 57.2 Å². The predicted molar refractivity (Wildman–Crippen MR) is 90.2 cm³/mol. The van der Waals surface area contributed by atoms with Crippen LogP contribution >= 0.6 is 27.5 Å². The lowest BCUT2D eigenvalue weighted by atomic mass is 9.99. The summed E-state index contributed by atoms with van der Waals surface area (Å²) in [6, 6.07) is 8.06. The average Bonchev–Trinajstić information content (AvgIpc) is 2.33. The Morgan fingerprint density at radius 3 is 2.45 bits per heavy atom. The molecule has 0 radical (unpaired) electrons. The second-order valence-corrected chi connectivity index (χ2v) is 10.2. The molecule has 1 atom stereocenters. The van der Waals surface area contributed by atoms with Crippen molar-refractivity contribution in [1.29, 1.82) is 0 Å². The molecule has 0 aliphatic rings. The van der Waals surface area contributed by atoms with Crippen molar-refractivity contribution >= 4 is 37.4 Å². The quantitative estimate of drug-likeness (QED) is 0.682. The minimum atomic E-state index is -3.07. The minimum absolute atomic E-state index is 0.183. The lowest BCUT2D eigenvalue weighted by Crippen LogP contribution is -2.31. The first-order valence-corrected chi connectivity index (χ1v) is 9.66. The Balaban J connectivity index is 2.65. The van der Waals surface area contributed by atoms with Gasteiger partial charge in [-0.3, -0.25) is 0 Å². The van der Waals surface area contributed by atoms with E-state index in [9.17, 15) is 8.42 Å². The predicted octanol–water partition coefficient (Wildman–Crippen LogP) is 4.45.